The van der Waals surface area contributed by atoms with Crippen LogP contribution in [0.2, 0.25) is 0 Å². The van der Waals surface area contributed by atoms with Crippen molar-refractivity contribution in [3.63, 3.8) is 0 Å². The van der Waals surface area contributed by atoms with Gasteiger partial charge in [-0.15, -0.1) is 0 Å². The maximum atomic E-state index is 12.0. The Morgan fingerprint density at radius 1 is 1.29 bits per heavy atom. The SMILES string of the molecule is O=C(NCc1ccccc1Cn1cncn1)N[C@@H]1CCS(=O)(=O)C1. The van der Waals surface area contributed by atoms with Crippen LogP contribution in [0.25, 0.3) is 0 Å². The topological polar surface area (TPSA) is 106 Å². The smallest absolute Gasteiger partial charge is 0.315 e. The van der Waals surface area contributed by atoms with E-state index in [4.69, 9.17) is 0 Å². The summed E-state index contributed by atoms with van der Waals surface area (Å²) >= 11 is 0. The van der Waals surface area contributed by atoms with Gasteiger partial charge in [-0.25, -0.2) is 22.9 Å². The molecule has 0 aliphatic carbocycles. The molecular formula is C15H19N5O3S. The van der Waals surface area contributed by atoms with E-state index in [1.807, 2.05) is 24.3 Å². The van der Waals surface area contributed by atoms with Crippen molar-refractivity contribution in [2.45, 2.75) is 25.6 Å². The van der Waals surface area contributed by atoms with Crippen LogP contribution in [0.3, 0.4) is 0 Å². The molecule has 0 bridgehead atoms. The van der Waals surface area contributed by atoms with E-state index in [1.54, 1.807) is 11.0 Å². The van der Waals surface area contributed by atoms with Crippen LogP contribution in [-0.4, -0.2) is 46.8 Å². The Morgan fingerprint density at radius 2 is 2.08 bits per heavy atom. The zero-order chi connectivity index (χ0) is 17.0. The molecule has 1 aliphatic heterocycles. The van der Waals surface area contributed by atoms with E-state index >= 15 is 0 Å². The molecule has 1 fully saturated rings. The summed E-state index contributed by atoms with van der Waals surface area (Å²) in [5.41, 5.74) is 2.01. The molecule has 3 rings (SSSR count). The van der Waals surface area contributed by atoms with Crippen molar-refractivity contribution in [1.82, 2.24) is 25.4 Å². The number of sulfone groups is 1. The molecule has 8 nitrogen and oxygen atoms in total. The quantitative estimate of drug-likeness (QED) is 0.808. The summed E-state index contributed by atoms with van der Waals surface area (Å²) < 4.78 is 24.5. The first-order valence-corrected chi connectivity index (χ1v) is 9.48. The third-order valence-electron chi connectivity index (χ3n) is 3.92. The van der Waals surface area contributed by atoms with Gasteiger partial charge >= 0.3 is 6.03 Å². The van der Waals surface area contributed by atoms with Gasteiger partial charge in [0, 0.05) is 12.6 Å². The average molecular weight is 349 g/mol. The Kier molecular flexibility index (Phi) is 4.79. The van der Waals surface area contributed by atoms with Crippen LogP contribution >= 0.6 is 0 Å². The van der Waals surface area contributed by atoms with Crippen molar-refractivity contribution in [2.24, 2.45) is 0 Å². The zero-order valence-electron chi connectivity index (χ0n) is 13.1. The van der Waals surface area contributed by atoms with Crippen molar-refractivity contribution in [2.75, 3.05) is 11.5 Å². The molecule has 1 aromatic carbocycles. The van der Waals surface area contributed by atoms with E-state index in [0.717, 1.165) is 11.1 Å². The van der Waals surface area contributed by atoms with E-state index in [-0.39, 0.29) is 23.6 Å². The van der Waals surface area contributed by atoms with Crippen LogP contribution in [0, 0.1) is 0 Å². The number of carbonyl (C=O) groups excluding carboxylic acids is 1. The largest absolute Gasteiger partial charge is 0.334 e. The molecule has 2 amide bonds. The number of hydrogen-bond acceptors (Lipinski definition) is 5. The van der Waals surface area contributed by atoms with Crippen molar-refractivity contribution in [1.29, 1.82) is 0 Å². The molecule has 1 aromatic heterocycles. The van der Waals surface area contributed by atoms with Crippen molar-refractivity contribution in [3.8, 4) is 0 Å². The lowest BCUT2D eigenvalue weighted by Gasteiger charge is -2.14. The van der Waals surface area contributed by atoms with Crippen molar-refractivity contribution < 1.29 is 13.2 Å². The van der Waals surface area contributed by atoms with Gasteiger partial charge in [0.15, 0.2) is 9.84 Å². The second-order valence-corrected chi connectivity index (χ2v) is 8.02. The summed E-state index contributed by atoms with van der Waals surface area (Å²) in [5.74, 6) is 0.155. The van der Waals surface area contributed by atoms with Crippen LogP contribution in [0.1, 0.15) is 17.5 Å². The molecule has 0 radical (unpaired) electrons. The molecule has 24 heavy (non-hydrogen) atoms. The minimum absolute atomic E-state index is 0.0172. The van der Waals surface area contributed by atoms with Crippen LogP contribution in [-0.2, 0) is 22.9 Å². The first-order chi connectivity index (χ1) is 11.5. The van der Waals surface area contributed by atoms with Gasteiger partial charge in [0.2, 0.25) is 0 Å². The Balaban J connectivity index is 1.55. The number of hydrogen-bond donors (Lipinski definition) is 2. The normalized spacial score (nSPS) is 19.1. The number of benzene rings is 1. The summed E-state index contributed by atoms with van der Waals surface area (Å²) in [6.07, 6.45) is 3.58. The molecule has 2 N–H and O–H groups in total. The van der Waals surface area contributed by atoms with Crippen LogP contribution < -0.4 is 10.6 Å². The predicted octanol–water partition coefficient (Wildman–Crippen LogP) is 0.313. The lowest BCUT2D eigenvalue weighted by Crippen LogP contribution is -2.42. The van der Waals surface area contributed by atoms with E-state index in [1.165, 1.54) is 6.33 Å². The fourth-order valence-corrected chi connectivity index (χ4v) is 4.37. The van der Waals surface area contributed by atoms with Crippen molar-refractivity contribution in [3.05, 3.63) is 48.0 Å². The fourth-order valence-electron chi connectivity index (χ4n) is 2.69. The Morgan fingerprint density at radius 3 is 2.75 bits per heavy atom. The molecule has 0 spiro atoms. The van der Waals surface area contributed by atoms with E-state index < -0.39 is 9.84 Å². The Hall–Kier alpha value is -2.42. The number of amides is 2. The van der Waals surface area contributed by atoms with Crippen molar-refractivity contribution >= 4 is 15.9 Å². The third-order valence-corrected chi connectivity index (χ3v) is 5.69. The van der Waals surface area contributed by atoms with Gasteiger partial charge in [-0.05, 0) is 17.5 Å². The molecule has 9 heteroatoms. The summed E-state index contributed by atoms with van der Waals surface area (Å²) in [6.45, 7) is 0.927. The number of rotatable bonds is 5. The molecule has 0 unspecified atom stereocenters. The Labute approximate surface area is 140 Å². The Bertz CT molecular complexity index is 804. The number of carbonyl (C=O) groups is 1. The molecule has 1 saturated heterocycles. The third kappa shape index (κ3) is 4.31. The first-order valence-electron chi connectivity index (χ1n) is 7.66. The van der Waals surface area contributed by atoms with E-state index in [0.29, 0.717) is 19.5 Å². The zero-order valence-corrected chi connectivity index (χ0v) is 13.9. The van der Waals surface area contributed by atoms with Crippen LogP contribution in [0.15, 0.2) is 36.9 Å². The molecule has 2 aromatic rings. The maximum Gasteiger partial charge on any atom is 0.315 e. The minimum atomic E-state index is -3.00. The molecular weight excluding hydrogens is 330 g/mol. The van der Waals surface area contributed by atoms with Gasteiger partial charge in [-0.2, -0.15) is 5.10 Å². The second-order valence-electron chi connectivity index (χ2n) is 5.79. The summed E-state index contributed by atoms with van der Waals surface area (Å²) in [5, 5.41) is 9.57. The highest BCUT2D eigenvalue weighted by Crippen LogP contribution is 2.12. The molecule has 1 aliphatic rings. The monoisotopic (exact) mass is 349 g/mol. The molecule has 0 saturated carbocycles. The number of aromatic nitrogens is 3. The van der Waals surface area contributed by atoms with Gasteiger partial charge < -0.3 is 10.6 Å². The lowest BCUT2D eigenvalue weighted by atomic mass is 10.1. The van der Waals surface area contributed by atoms with Crippen LogP contribution in [0.4, 0.5) is 4.79 Å². The van der Waals surface area contributed by atoms with Gasteiger partial charge in [0.05, 0.1) is 18.1 Å². The highest BCUT2D eigenvalue weighted by Gasteiger charge is 2.28. The number of urea groups is 1. The van der Waals surface area contributed by atoms with Crippen LogP contribution in [0.5, 0.6) is 0 Å². The van der Waals surface area contributed by atoms with Gasteiger partial charge in [-0.3, -0.25) is 0 Å². The maximum absolute atomic E-state index is 12.0. The summed E-state index contributed by atoms with van der Waals surface area (Å²) in [4.78, 5) is 15.9. The molecule has 128 valence electrons. The average Bonchev–Trinajstić information content (AvgIpc) is 3.16. The van der Waals surface area contributed by atoms with Gasteiger partial charge in [0.25, 0.3) is 0 Å². The molecule has 2 heterocycles. The second kappa shape index (κ2) is 7.00. The predicted molar refractivity (Wildman–Crippen MR) is 88.0 cm³/mol. The summed E-state index contributed by atoms with van der Waals surface area (Å²) in [6, 6.07) is 7.09. The minimum Gasteiger partial charge on any atom is -0.334 e. The standard InChI is InChI=1S/C15H19N5O3S/c21-15(19-14-5-6-24(22,23)9-14)17-7-12-3-1-2-4-13(12)8-20-11-16-10-18-20/h1-4,10-11,14H,5-9H2,(H2,17,19,21)/t14-/m1/s1. The van der Waals surface area contributed by atoms with E-state index in [2.05, 4.69) is 20.7 Å². The van der Waals surface area contributed by atoms with E-state index in [9.17, 15) is 13.2 Å². The fraction of sp³-hybridized carbons (Fsp3) is 0.400. The lowest BCUT2D eigenvalue weighted by molar-refractivity contribution is 0.237. The first kappa shape index (κ1) is 16.4. The highest BCUT2D eigenvalue weighted by atomic mass is 32.2. The van der Waals surface area contributed by atoms with Gasteiger partial charge in [0.1, 0.15) is 12.7 Å². The number of nitrogens with one attached hydrogen (secondary N) is 2. The van der Waals surface area contributed by atoms with Gasteiger partial charge in [-0.1, -0.05) is 24.3 Å². The number of nitrogens with zero attached hydrogens (tertiary/aromatic N) is 3. The highest BCUT2D eigenvalue weighted by molar-refractivity contribution is 7.91. The molecule has 1 atom stereocenters. The summed E-state index contributed by atoms with van der Waals surface area (Å²) in [7, 11) is -3.00.